The lowest BCUT2D eigenvalue weighted by atomic mass is 9.79. The third-order valence-corrected chi connectivity index (χ3v) is 8.08. The molecule has 0 saturated carbocycles. The largest absolute Gasteiger partial charge is 0.497 e. The van der Waals surface area contributed by atoms with E-state index in [9.17, 15) is 9.90 Å². The Labute approximate surface area is 207 Å². The minimum Gasteiger partial charge on any atom is -0.497 e. The van der Waals surface area contributed by atoms with E-state index in [4.69, 9.17) is 4.74 Å². The molecule has 0 bridgehead atoms. The van der Waals surface area contributed by atoms with E-state index in [1.807, 2.05) is 30.0 Å². The maximum atomic E-state index is 15.4. The topological polar surface area (TPSA) is 62.7 Å². The van der Waals surface area contributed by atoms with Gasteiger partial charge in [-0.25, -0.2) is 4.39 Å². The Kier molecular flexibility index (Phi) is 10.9. The summed E-state index contributed by atoms with van der Waals surface area (Å²) in [6.07, 6.45) is 6.40. The molecule has 0 aliphatic carbocycles. The molecule has 188 valence electrons. The number of aromatic nitrogens is 1. The summed E-state index contributed by atoms with van der Waals surface area (Å²) in [5.41, 5.74) is 1.39. The van der Waals surface area contributed by atoms with Gasteiger partial charge in [-0.3, -0.25) is 9.78 Å². The fourth-order valence-electron chi connectivity index (χ4n) is 5.00. The van der Waals surface area contributed by atoms with Crippen molar-refractivity contribution in [2.75, 3.05) is 38.2 Å². The van der Waals surface area contributed by atoms with E-state index in [0.29, 0.717) is 24.2 Å². The van der Waals surface area contributed by atoms with Crippen molar-refractivity contribution in [2.45, 2.75) is 58.0 Å². The molecule has 5 nitrogen and oxygen atoms in total. The highest BCUT2D eigenvalue weighted by Crippen LogP contribution is 2.36. The number of piperidine rings is 1. The lowest BCUT2D eigenvalue weighted by Crippen LogP contribution is -2.42. The number of rotatable bonds is 14. The molecule has 1 aromatic carbocycles. The summed E-state index contributed by atoms with van der Waals surface area (Å²) in [6, 6.07) is 7.28. The lowest BCUT2D eigenvalue weighted by molar-refractivity contribution is -0.139. The van der Waals surface area contributed by atoms with Gasteiger partial charge in [-0.2, -0.15) is 11.8 Å². The fraction of sp³-hybridized carbons (Fsp3) is 0.630. The van der Waals surface area contributed by atoms with Crippen LogP contribution in [-0.4, -0.2) is 59.2 Å². The number of unbranched alkanes of at least 4 members (excludes halogenated alkanes) is 1. The molecule has 2 heterocycles. The molecule has 1 saturated heterocycles. The average molecular weight is 491 g/mol. The number of fused-ring (bicyclic) bond motifs is 1. The van der Waals surface area contributed by atoms with Crippen LogP contribution in [0.15, 0.2) is 30.5 Å². The minimum atomic E-state index is -1.11. The Morgan fingerprint density at radius 3 is 2.88 bits per heavy atom. The van der Waals surface area contributed by atoms with Crippen LogP contribution in [0.2, 0.25) is 0 Å². The number of likely N-dealkylation sites (tertiary alicyclic amines) is 1. The molecule has 1 N–H and O–H groups in total. The number of thioether (sulfide) groups is 1. The summed E-state index contributed by atoms with van der Waals surface area (Å²) >= 11 is 2.02. The number of nitrogens with zero attached hydrogens (tertiary/aromatic N) is 2. The Hall–Kier alpha value is -1.86. The van der Waals surface area contributed by atoms with Gasteiger partial charge in [0.15, 0.2) is 0 Å². The molecule has 1 aliphatic heterocycles. The second kappa shape index (κ2) is 13.9. The fourth-order valence-corrected chi connectivity index (χ4v) is 6.03. The molecule has 1 fully saturated rings. The monoisotopic (exact) mass is 490 g/mol. The number of aliphatic carboxylic acids is 1. The maximum absolute atomic E-state index is 15.4. The first-order valence-electron chi connectivity index (χ1n) is 12.6. The number of halogens is 1. The first-order chi connectivity index (χ1) is 16.5. The maximum Gasteiger partial charge on any atom is 0.303 e. The highest BCUT2D eigenvalue weighted by molar-refractivity contribution is 7.99. The molecule has 2 aromatic rings. The quantitative estimate of drug-likeness (QED) is 0.311. The molecule has 0 radical (unpaired) electrons. The molecule has 7 heteroatoms. The van der Waals surface area contributed by atoms with E-state index in [2.05, 4.69) is 16.8 Å². The van der Waals surface area contributed by atoms with Crippen LogP contribution in [-0.2, 0) is 4.79 Å². The van der Waals surface area contributed by atoms with Gasteiger partial charge in [0, 0.05) is 24.5 Å². The third kappa shape index (κ3) is 7.84. The molecule has 3 rings (SSSR count). The van der Waals surface area contributed by atoms with Gasteiger partial charge in [0.2, 0.25) is 0 Å². The number of carbonyl (C=O) groups is 1. The van der Waals surface area contributed by atoms with Crippen molar-refractivity contribution in [3.63, 3.8) is 0 Å². The van der Waals surface area contributed by atoms with Crippen molar-refractivity contribution in [1.82, 2.24) is 9.88 Å². The Balaban J connectivity index is 1.56. The van der Waals surface area contributed by atoms with E-state index in [0.717, 1.165) is 49.1 Å². The molecule has 1 aliphatic rings. The number of ether oxygens (including phenoxy) is 1. The number of hydrogen-bond donors (Lipinski definition) is 1. The van der Waals surface area contributed by atoms with Crippen molar-refractivity contribution in [2.24, 2.45) is 11.8 Å². The predicted octanol–water partition coefficient (Wildman–Crippen LogP) is 6.37. The van der Waals surface area contributed by atoms with Gasteiger partial charge in [0.25, 0.3) is 0 Å². The number of carboxylic acid groups (broad SMARTS) is 1. The van der Waals surface area contributed by atoms with Crippen LogP contribution in [0.4, 0.5) is 4.39 Å². The van der Waals surface area contributed by atoms with Gasteiger partial charge in [-0.1, -0.05) is 13.3 Å². The summed E-state index contributed by atoms with van der Waals surface area (Å²) in [6.45, 7) is 5.03. The summed E-state index contributed by atoms with van der Waals surface area (Å²) in [7, 11) is 1.60. The zero-order valence-corrected chi connectivity index (χ0v) is 21.4. The lowest BCUT2D eigenvalue weighted by Gasteiger charge is -2.38. The molecule has 0 unspecified atom stereocenters. The van der Waals surface area contributed by atoms with Crippen LogP contribution in [0, 0.1) is 11.8 Å². The number of hydrogen-bond acceptors (Lipinski definition) is 5. The molecular formula is C27H39FN2O3S. The van der Waals surface area contributed by atoms with Crippen LogP contribution in [0.25, 0.3) is 10.9 Å². The Morgan fingerprint density at radius 2 is 2.12 bits per heavy atom. The molecule has 3 atom stereocenters. The van der Waals surface area contributed by atoms with Crippen molar-refractivity contribution in [3.8, 4) is 5.75 Å². The average Bonchev–Trinajstić information content (AvgIpc) is 2.84. The van der Waals surface area contributed by atoms with Gasteiger partial charge in [-0.15, -0.1) is 0 Å². The van der Waals surface area contributed by atoms with E-state index in [-0.39, 0.29) is 18.3 Å². The van der Waals surface area contributed by atoms with E-state index < -0.39 is 12.1 Å². The Bertz CT molecular complexity index is 913. The molecule has 34 heavy (non-hydrogen) atoms. The second-order valence-electron chi connectivity index (χ2n) is 9.35. The van der Waals surface area contributed by atoms with Gasteiger partial charge in [-0.05, 0) is 98.4 Å². The highest BCUT2D eigenvalue weighted by atomic mass is 32.2. The van der Waals surface area contributed by atoms with Crippen molar-refractivity contribution < 1.29 is 19.0 Å². The summed E-state index contributed by atoms with van der Waals surface area (Å²) in [4.78, 5) is 18.3. The summed E-state index contributed by atoms with van der Waals surface area (Å²) in [5, 5.41) is 10.3. The van der Waals surface area contributed by atoms with Gasteiger partial charge >= 0.3 is 5.97 Å². The second-order valence-corrected chi connectivity index (χ2v) is 10.6. The van der Waals surface area contributed by atoms with E-state index in [1.54, 1.807) is 19.4 Å². The van der Waals surface area contributed by atoms with Crippen molar-refractivity contribution in [1.29, 1.82) is 0 Å². The number of pyridine rings is 1. The summed E-state index contributed by atoms with van der Waals surface area (Å²) in [5.74, 6) is 2.65. The first kappa shape index (κ1) is 26.7. The van der Waals surface area contributed by atoms with Crippen molar-refractivity contribution >= 4 is 28.6 Å². The molecule has 1 aromatic heterocycles. The normalized spacial score (nSPS) is 19.9. The predicted molar refractivity (Wildman–Crippen MR) is 139 cm³/mol. The number of alkyl halides is 1. The van der Waals surface area contributed by atoms with Gasteiger partial charge in [0.05, 0.1) is 12.6 Å². The number of carboxylic acids is 1. The zero-order chi connectivity index (χ0) is 24.3. The van der Waals surface area contributed by atoms with Crippen LogP contribution in [0.1, 0.15) is 63.6 Å². The number of benzene rings is 1. The highest BCUT2D eigenvalue weighted by Gasteiger charge is 2.31. The van der Waals surface area contributed by atoms with E-state index in [1.165, 1.54) is 18.6 Å². The minimum absolute atomic E-state index is 0.0838. The smallest absolute Gasteiger partial charge is 0.303 e. The van der Waals surface area contributed by atoms with Crippen LogP contribution in [0.3, 0.4) is 0 Å². The standard InChI is InChI=1S/C27H39FN2O3S/c1-3-4-15-34-16-5-13-30-14-11-20(21(19-30)17-27(31)32)6-8-25(28)23-10-12-29-26-9-7-22(33-2)18-24(23)26/h7,9-10,12,18,20-21,25H,3-6,8,11,13-17,19H2,1-2H3,(H,31,32)/t20-,21+,25+/m1/s1. The van der Waals surface area contributed by atoms with Crippen molar-refractivity contribution in [3.05, 3.63) is 36.0 Å². The van der Waals surface area contributed by atoms with Crippen LogP contribution >= 0.6 is 11.8 Å². The molecular weight excluding hydrogens is 451 g/mol. The molecule has 0 amide bonds. The number of methoxy groups -OCH3 is 1. The van der Waals surface area contributed by atoms with Gasteiger partial charge in [0.1, 0.15) is 11.9 Å². The van der Waals surface area contributed by atoms with E-state index >= 15 is 4.39 Å². The molecule has 0 spiro atoms. The van der Waals surface area contributed by atoms with Crippen LogP contribution in [0.5, 0.6) is 5.75 Å². The zero-order valence-electron chi connectivity index (χ0n) is 20.5. The Morgan fingerprint density at radius 1 is 1.29 bits per heavy atom. The SMILES string of the molecule is CCCCSCCCN1CC[C@@H](CC[C@H](F)c2ccnc3ccc(OC)cc23)[C@@H](CC(=O)O)C1. The first-order valence-corrected chi connectivity index (χ1v) is 13.8. The van der Waals surface area contributed by atoms with Crippen LogP contribution < -0.4 is 4.74 Å². The summed E-state index contributed by atoms with van der Waals surface area (Å²) < 4.78 is 20.7. The third-order valence-electron chi connectivity index (χ3n) is 6.93. The van der Waals surface area contributed by atoms with Gasteiger partial charge < -0.3 is 14.7 Å².